The fourth-order valence-corrected chi connectivity index (χ4v) is 3.20. The molecule has 0 heterocycles. The maximum atomic E-state index is 11.6. The number of hydrogen-bond donors (Lipinski definition) is 0. The highest BCUT2D eigenvalue weighted by molar-refractivity contribution is 5.87. The zero-order valence-electron chi connectivity index (χ0n) is 28.2. The summed E-state index contributed by atoms with van der Waals surface area (Å²) in [6.45, 7) is 18.5. The molecular weight excluding hydrogens is 600 g/mol. The average molecular weight is 655 g/mol. The molecule has 262 valence electrons. The summed E-state index contributed by atoms with van der Waals surface area (Å²) in [6.07, 6.45) is 7.40. The van der Waals surface area contributed by atoms with Crippen LogP contribution in [0.5, 0.6) is 0 Å². The third kappa shape index (κ3) is 30.1. The number of hydrogen-bond acceptors (Lipinski definition) is 12. The van der Waals surface area contributed by atoms with Gasteiger partial charge in [-0.3, -0.25) is 14.4 Å². The molecule has 0 aromatic carbocycles. The van der Waals surface area contributed by atoms with Crippen molar-refractivity contribution in [3.63, 3.8) is 0 Å². The Kier molecular flexibility index (Phi) is 28.5. The van der Waals surface area contributed by atoms with Gasteiger partial charge >= 0.3 is 35.8 Å². The zero-order chi connectivity index (χ0) is 35.2. The second-order valence-corrected chi connectivity index (χ2v) is 10.4. The van der Waals surface area contributed by atoms with E-state index in [4.69, 9.17) is 28.4 Å². The van der Waals surface area contributed by atoms with Crippen LogP contribution in [-0.2, 0) is 57.2 Å². The van der Waals surface area contributed by atoms with Crippen molar-refractivity contribution in [1.82, 2.24) is 0 Å². The Hall–Kier alpha value is -3.96. The summed E-state index contributed by atoms with van der Waals surface area (Å²) in [5.41, 5.74) is 1.13. The van der Waals surface area contributed by atoms with E-state index in [0.717, 1.165) is 32.1 Å². The summed E-state index contributed by atoms with van der Waals surface area (Å²) in [5, 5.41) is 0. The van der Waals surface area contributed by atoms with E-state index in [9.17, 15) is 28.8 Å². The molecule has 0 aromatic rings. The first-order chi connectivity index (χ1) is 21.8. The van der Waals surface area contributed by atoms with Gasteiger partial charge in [-0.15, -0.1) is 0 Å². The Morgan fingerprint density at radius 1 is 0.391 bits per heavy atom. The van der Waals surface area contributed by atoms with Gasteiger partial charge in [0.1, 0.15) is 13.2 Å². The summed E-state index contributed by atoms with van der Waals surface area (Å²) in [5.74, 6) is -2.04. The summed E-state index contributed by atoms with van der Waals surface area (Å²) < 4.78 is 29.6. The molecule has 0 fully saturated rings. The van der Waals surface area contributed by atoms with Crippen molar-refractivity contribution >= 4 is 35.8 Å². The quantitative estimate of drug-likeness (QED) is 0.0515. The predicted molar refractivity (Wildman–Crippen MR) is 171 cm³/mol. The molecule has 46 heavy (non-hydrogen) atoms. The summed E-state index contributed by atoms with van der Waals surface area (Å²) in [7, 11) is 0. The van der Waals surface area contributed by atoms with Gasteiger partial charge in [0.05, 0.1) is 26.4 Å². The maximum absolute atomic E-state index is 11.6. The van der Waals surface area contributed by atoms with E-state index in [2.05, 4.69) is 19.7 Å². The number of carbonyl (C=O) groups is 6. The highest BCUT2D eigenvalue weighted by atomic mass is 16.6. The van der Waals surface area contributed by atoms with E-state index in [1.807, 2.05) is 0 Å². The number of esters is 6. The minimum atomic E-state index is -0.409. The van der Waals surface area contributed by atoms with Crippen molar-refractivity contribution in [3.05, 3.63) is 36.5 Å². The zero-order valence-corrected chi connectivity index (χ0v) is 28.2. The van der Waals surface area contributed by atoms with E-state index < -0.39 is 11.9 Å². The van der Waals surface area contributed by atoms with Gasteiger partial charge in [-0.2, -0.15) is 0 Å². The molecule has 0 saturated carbocycles. The SMILES string of the molecule is C=C(C)C(=O)OCCCCCC(=O)OCC.C=C(C)C(=O)OCCCCCC(=O)OCCOC(=O)CCCCCOC(=O)C(=C)C. The van der Waals surface area contributed by atoms with Crippen LogP contribution in [0.2, 0.25) is 0 Å². The van der Waals surface area contributed by atoms with Crippen LogP contribution >= 0.6 is 0 Å². The first kappa shape index (κ1) is 44.2. The Morgan fingerprint density at radius 3 is 0.935 bits per heavy atom. The first-order valence-corrected chi connectivity index (χ1v) is 15.8. The fourth-order valence-electron chi connectivity index (χ4n) is 3.20. The lowest BCUT2D eigenvalue weighted by Crippen LogP contribution is -2.14. The molecule has 0 saturated heterocycles. The lowest BCUT2D eigenvalue weighted by Gasteiger charge is -2.07. The summed E-state index contributed by atoms with van der Waals surface area (Å²) in [4.78, 5) is 67.4. The molecule has 12 nitrogen and oxygen atoms in total. The van der Waals surface area contributed by atoms with Crippen LogP contribution in [0.15, 0.2) is 36.5 Å². The summed E-state index contributed by atoms with van der Waals surface area (Å²) in [6, 6.07) is 0. The third-order valence-corrected chi connectivity index (χ3v) is 5.74. The Bertz CT molecular complexity index is 931. The van der Waals surface area contributed by atoms with Gasteiger partial charge < -0.3 is 28.4 Å². The highest BCUT2D eigenvalue weighted by Crippen LogP contribution is 2.06. The number of carbonyl (C=O) groups excluding carboxylic acids is 6. The molecule has 0 aliphatic carbocycles. The van der Waals surface area contributed by atoms with Gasteiger partial charge in [-0.1, -0.05) is 19.7 Å². The van der Waals surface area contributed by atoms with E-state index >= 15 is 0 Å². The van der Waals surface area contributed by atoms with Crippen molar-refractivity contribution in [2.24, 2.45) is 0 Å². The predicted octanol–water partition coefficient (Wildman–Crippen LogP) is 5.66. The van der Waals surface area contributed by atoms with Crippen LogP contribution in [0, 0.1) is 0 Å². The van der Waals surface area contributed by atoms with E-state index in [1.54, 1.807) is 27.7 Å². The largest absolute Gasteiger partial charge is 0.466 e. The van der Waals surface area contributed by atoms with E-state index in [1.165, 1.54) is 0 Å². The monoisotopic (exact) mass is 654 g/mol. The first-order valence-electron chi connectivity index (χ1n) is 15.8. The minimum Gasteiger partial charge on any atom is -0.466 e. The van der Waals surface area contributed by atoms with Gasteiger partial charge in [-0.05, 0) is 85.5 Å². The molecule has 0 aliphatic heterocycles. The molecule has 0 rings (SSSR count). The van der Waals surface area contributed by atoms with Gasteiger partial charge in [0.2, 0.25) is 0 Å². The maximum Gasteiger partial charge on any atom is 0.333 e. The number of rotatable bonds is 25. The van der Waals surface area contributed by atoms with Crippen LogP contribution in [0.25, 0.3) is 0 Å². The molecule has 0 amide bonds. The molecule has 0 radical (unpaired) electrons. The smallest absolute Gasteiger partial charge is 0.333 e. The number of ether oxygens (including phenoxy) is 6. The lowest BCUT2D eigenvalue weighted by atomic mass is 10.2. The lowest BCUT2D eigenvalue weighted by molar-refractivity contribution is -0.152. The van der Waals surface area contributed by atoms with E-state index in [0.29, 0.717) is 75.3 Å². The molecule has 0 atom stereocenters. The van der Waals surface area contributed by atoms with Crippen LogP contribution in [-0.4, -0.2) is 75.5 Å². The minimum absolute atomic E-state index is 0.0255. The summed E-state index contributed by atoms with van der Waals surface area (Å²) >= 11 is 0. The second kappa shape index (κ2) is 29.7. The van der Waals surface area contributed by atoms with Crippen molar-refractivity contribution in [1.29, 1.82) is 0 Å². The van der Waals surface area contributed by atoms with Gasteiger partial charge in [0.15, 0.2) is 0 Å². The Balaban J connectivity index is 0. The van der Waals surface area contributed by atoms with Gasteiger partial charge in [0.25, 0.3) is 0 Å². The standard InChI is InChI=1S/C22H34O8.C12H20O4/c1-17(2)21(25)29-13-9-5-7-11-19(23)27-15-16-28-20(24)12-8-6-10-14-30-22(26)18(3)4;1-4-15-11(13)8-6-5-7-9-16-12(14)10(2)3/h1,3,5-16H2,2,4H3;2,4-9H2,1,3H3. The van der Waals surface area contributed by atoms with E-state index in [-0.39, 0.29) is 49.9 Å². The molecule has 0 unspecified atom stereocenters. The molecule has 0 N–H and O–H groups in total. The van der Waals surface area contributed by atoms with Crippen LogP contribution < -0.4 is 0 Å². The van der Waals surface area contributed by atoms with Crippen LogP contribution in [0.1, 0.15) is 105 Å². The molecule has 0 spiro atoms. The fraction of sp³-hybridized carbons (Fsp3) is 0.647. The normalized spacial score (nSPS) is 9.91. The van der Waals surface area contributed by atoms with Gasteiger partial charge in [-0.25, -0.2) is 14.4 Å². The topological polar surface area (TPSA) is 158 Å². The molecule has 0 bridgehead atoms. The third-order valence-electron chi connectivity index (χ3n) is 5.74. The molecular formula is C34H54O12. The van der Waals surface area contributed by atoms with Gasteiger partial charge in [0, 0.05) is 36.0 Å². The van der Waals surface area contributed by atoms with Crippen molar-refractivity contribution in [2.75, 3.05) is 39.6 Å². The molecule has 0 aromatic heterocycles. The average Bonchev–Trinajstić information content (AvgIpc) is 3.00. The second-order valence-electron chi connectivity index (χ2n) is 10.4. The Labute approximate surface area is 273 Å². The molecule has 0 aliphatic rings. The van der Waals surface area contributed by atoms with Crippen LogP contribution in [0.4, 0.5) is 0 Å². The molecule has 12 heteroatoms. The Morgan fingerprint density at radius 2 is 0.674 bits per heavy atom. The highest BCUT2D eigenvalue weighted by Gasteiger charge is 2.08. The van der Waals surface area contributed by atoms with Crippen LogP contribution in [0.3, 0.4) is 0 Å². The van der Waals surface area contributed by atoms with Crippen molar-refractivity contribution in [3.8, 4) is 0 Å². The van der Waals surface area contributed by atoms with Crippen molar-refractivity contribution < 1.29 is 57.2 Å². The van der Waals surface area contributed by atoms with Crippen molar-refractivity contribution in [2.45, 2.75) is 105 Å². The number of unbranched alkanes of at least 4 members (excludes halogenated alkanes) is 6.